The third-order valence-corrected chi connectivity index (χ3v) is 17.7. The molecule has 11 rings (SSSR count). The molecule has 7 aromatic rings. The number of fused-ring (bicyclic) bond motifs is 2. The Hall–Kier alpha value is -7.40. The van der Waals surface area contributed by atoms with Crippen LogP contribution in [0, 0.1) is 24.5 Å². The highest BCUT2D eigenvalue weighted by molar-refractivity contribution is 7.89. The summed E-state index contributed by atoms with van der Waals surface area (Å²) < 4.78 is 69.1. The number of hydrogen-bond acceptors (Lipinski definition) is 14. The lowest BCUT2D eigenvalue weighted by atomic mass is 9.78. The van der Waals surface area contributed by atoms with Gasteiger partial charge in [0.1, 0.15) is 23.9 Å². The van der Waals surface area contributed by atoms with Gasteiger partial charge in [-0.15, -0.1) is 11.3 Å². The van der Waals surface area contributed by atoms with Crippen LogP contribution in [0.1, 0.15) is 84.3 Å². The van der Waals surface area contributed by atoms with Gasteiger partial charge in [0, 0.05) is 116 Å². The Bertz CT molecular complexity index is 3800. The van der Waals surface area contributed by atoms with Crippen LogP contribution in [0.5, 0.6) is 5.88 Å². The monoisotopic (exact) mass is 1120 g/mol. The fourth-order valence-corrected chi connectivity index (χ4v) is 13.5. The molecule has 2 saturated heterocycles. The maximum Gasteiger partial charge on any atom is 0.274 e. The van der Waals surface area contributed by atoms with Crippen molar-refractivity contribution in [1.29, 1.82) is 0 Å². The molecule has 22 heteroatoms. The zero-order chi connectivity index (χ0) is 55.8. The minimum Gasteiger partial charge on any atom is -0.474 e. The number of H-pyrrole nitrogens is 1. The van der Waals surface area contributed by atoms with Gasteiger partial charge in [-0.3, -0.25) is 24.1 Å². The van der Waals surface area contributed by atoms with Crippen molar-refractivity contribution >= 4 is 67.0 Å². The largest absolute Gasteiger partial charge is 0.474 e. The Labute approximate surface area is 458 Å². The zero-order valence-corrected chi connectivity index (χ0v) is 46.0. The number of halogens is 2. The van der Waals surface area contributed by atoms with Crippen molar-refractivity contribution in [2.24, 2.45) is 18.0 Å². The topological polar surface area (TPSA) is 226 Å². The summed E-state index contributed by atoms with van der Waals surface area (Å²) in [6, 6.07) is 14.5. The van der Waals surface area contributed by atoms with E-state index in [9.17, 15) is 37.1 Å². The van der Waals surface area contributed by atoms with Crippen LogP contribution in [0.15, 0.2) is 92.9 Å². The van der Waals surface area contributed by atoms with Gasteiger partial charge in [-0.2, -0.15) is 0 Å². The van der Waals surface area contributed by atoms with Crippen LogP contribution in [0.3, 0.4) is 0 Å². The van der Waals surface area contributed by atoms with Gasteiger partial charge in [-0.1, -0.05) is 38.1 Å². The summed E-state index contributed by atoms with van der Waals surface area (Å²) in [4.78, 5) is 74.0. The van der Waals surface area contributed by atoms with Gasteiger partial charge in [-0.25, -0.2) is 27.2 Å². The molecule has 9 heterocycles. The number of carbonyl (C=O) groups is 3. The molecule has 412 valence electrons. The third kappa shape index (κ3) is 10.2. The van der Waals surface area contributed by atoms with Crippen LogP contribution < -0.4 is 20.5 Å². The van der Waals surface area contributed by atoms with Gasteiger partial charge in [0.05, 0.1) is 41.7 Å². The Kier molecular flexibility index (Phi) is 14.0. The molecule has 5 atom stereocenters. The van der Waals surface area contributed by atoms with E-state index in [1.54, 1.807) is 47.8 Å². The first-order valence-electron chi connectivity index (χ1n) is 26.1. The molecule has 5 unspecified atom stereocenters. The molecule has 4 aliphatic rings. The molecule has 2 fully saturated rings. The van der Waals surface area contributed by atoms with Crippen LogP contribution in [-0.4, -0.2) is 124 Å². The summed E-state index contributed by atoms with van der Waals surface area (Å²) in [6.45, 7) is 9.42. The lowest BCUT2D eigenvalue weighted by Gasteiger charge is -2.30. The van der Waals surface area contributed by atoms with Crippen molar-refractivity contribution in [3.05, 3.63) is 134 Å². The number of anilines is 2. The van der Waals surface area contributed by atoms with Gasteiger partial charge < -0.3 is 39.0 Å². The number of nitrogens with one attached hydrogen (secondary N) is 2. The number of aliphatic hydroxyl groups excluding tert-OH is 1. The van der Waals surface area contributed by atoms with E-state index in [1.807, 2.05) is 45.0 Å². The Morgan fingerprint density at radius 3 is 2.58 bits per heavy atom. The maximum absolute atomic E-state index is 15.7. The van der Waals surface area contributed by atoms with Crippen LogP contribution in [0.25, 0.3) is 32.5 Å². The molecule has 18 nitrogen and oxygen atoms in total. The van der Waals surface area contributed by atoms with E-state index in [0.29, 0.717) is 77.8 Å². The molecule has 0 aliphatic carbocycles. The number of likely N-dealkylation sites (tertiary alicyclic amines) is 2. The average Bonchev–Trinajstić information content (AvgIpc) is 4.32. The lowest BCUT2D eigenvalue weighted by molar-refractivity contribution is -0.134. The second-order valence-electron chi connectivity index (χ2n) is 21.9. The molecule has 3 amide bonds. The molecular weight excluding hydrogens is 1060 g/mol. The number of pyridine rings is 2. The SMILES string of the molecule is Cc1ccsc1-c1ccc(C2(C)CC(C3CC(O)CN3C(=O)C(c3cc(OCCN4CCC(NC(=O)c5cc6c(cc5CS(C)(=O)=O)-c5cn(C)c(=O)c7[nH]cc(c57)CN6c5ncc(F)cc5F)C4)no3)C(C)C)=NC2=O)cc1. The number of hydrogen-bond donors (Lipinski definition) is 3. The summed E-state index contributed by atoms with van der Waals surface area (Å²) in [5, 5.41) is 20.8. The van der Waals surface area contributed by atoms with Crippen LogP contribution in [-0.2, 0) is 44.2 Å². The van der Waals surface area contributed by atoms with Crippen LogP contribution in [0.4, 0.5) is 20.3 Å². The highest BCUT2D eigenvalue weighted by Crippen LogP contribution is 2.46. The second kappa shape index (κ2) is 20.7. The van der Waals surface area contributed by atoms with Gasteiger partial charge in [0.25, 0.3) is 23.3 Å². The minimum atomic E-state index is -3.72. The molecule has 0 saturated carbocycles. The number of thiophene rings is 1. The number of sulfone groups is 1. The van der Waals surface area contributed by atoms with Crippen LogP contribution >= 0.6 is 11.3 Å². The number of benzene rings is 2. The van der Waals surface area contributed by atoms with Crippen molar-refractivity contribution in [2.45, 2.75) is 88.8 Å². The van der Waals surface area contributed by atoms with Gasteiger partial charge in [-0.05, 0) is 82.7 Å². The molecule has 79 heavy (non-hydrogen) atoms. The van der Waals surface area contributed by atoms with Crippen LogP contribution in [0.2, 0.25) is 0 Å². The number of rotatable bonds is 15. The first-order chi connectivity index (χ1) is 37.6. The van der Waals surface area contributed by atoms with E-state index in [4.69, 9.17) is 9.26 Å². The highest BCUT2D eigenvalue weighted by Gasteiger charge is 2.49. The first-order valence-corrected chi connectivity index (χ1v) is 29.1. The molecule has 2 aromatic carbocycles. The smallest absolute Gasteiger partial charge is 0.274 e. The van der Waals surface area contributed by atoms with Gasteiger partial charge in [0.2, 0.25) is 5.91 Å². The molecule has 4 aliphatic heterocycles. The van der Waals surface area contributed by atoms with Crippen molar-refractivity contribution in [1.82, 2.24) is 34.8 Å². The molecule has 0 radical (unpaired) electrons. The van der Waals surface area contributed by atoms with E-state index in [1.165, 1.54) is 26.0 Å². The van der Waals surface area contributed by atoms with Gasteiger partial charge >= 0.3 is 0 Å². The standard InChI is InChI=1S/C57H59F2N9O9S2/c1-30(2)48(54(71)68-27-38(69)19-45(68)43-22-57(4,56(73)63-43)35-9-7-32(8-10-35)51-31(3)12-16-78-51)46-21-47(64-77-46)76-15-14-66-13-11-37(26-66)62-53(70)39-20-44-40(17-33(39)29-79(6,74)75)41-28-65(5)55(72)50-49(41)34(23-60-50)25-67(44)52-42(59)18-36(58)24-61-52/h7-10,12,16-18,20-21,23-24,28,30,37-38,45,48,60,69H,11,13-15,19,22,25-27,29H2,1-6H3,(H,62,70). The van der Waals surface area contributed by atoms with Crippen molar-refractivity contribution in [2.75, 3.05) is 43.9 Å². The van der Waals surface area contributed by atoms with E-state index in [0.717, 1.165) is 23.6 Å². The van der Waals surface area contributed by atoms with E-state index in [2.05, 4.69) is 48.7 Å². The first kappa shape index (κ1) is 53.6. The maximum atomic E-state index is 15.7. The number of aryl methyl sites for hydroxylation is 2. The summed E-state index contributed by atoms with van der Waals surface area (Å²) in [6.07, 6.45) is 5.49. The Balaban J connectivity index is 0.753. The van der Waals surface area contributed by atoms with Crippen molar-refractivity contribution in [3.8, 4) is 27.4 Å². The molecule has 3 N–H and O–H groups in total. The summed E-state index contributed by atoms with van der Waals surface area (Å²) >= 11 is 1.67. The predicted octanol–water partition coefficient (Wildman–Crippen LogP) is 7.34. The third-order valence-electron chi connectivity index (χ3n) is 15.8. The fraction of sp³-hybridized carbons (Fsp3) is 0.386. The highest BCUT2D eigenvalue weighted by atomic mass is 32.2. The average molecular weight is 1120 g/mol. The summed E-state index contributed by atoms with van der Waals surface area (Å²) in [5.41, 5.74) is 4.76. The number of aliphatic imine (C=N–C) groups is 1. The fourth-order valence-electron chi connectivity index (χ4n) is 11.8. The number of aromatic nitrogens is 4. The lowest BCUT2D eigenvalue weighted by Crippen LogP contribution is -2.44. The number of β-amino-alcohol motifs (C(OH)–C–C–N with tert-alkyl or cyclic N) is 1. The second-order valence-corrected chi connectivity index (χ2v) is 24.9. The van der Waals surface area contributed by atoms with Crippen molar-refractivity contribution in [3.63, 3.8) is 0 Å². The molecule has 0 spiro atoms. The van der Waals surface area contributed by atoms with Gasteiger partial charge in [0.15, 0.2) is 27.2 Å². The number of aromatic amines is 1. The number of amides is 3. The van der Waals surface area contributed by atoms with E-state index in [-0.39, 0.29) is 83.8 Å². The Morgan fingerprint density at radius 2 is 1.86 bits per heavy atom. The predicted molar refractivity (Wildman–Crippen MR) is 294 cm³/mol. The molecule has 0 bridgehead atoms. The number of carbonyl (C=O) groups excluding carboxylic acids is 3. The Morgan fingerprint density at radius 1 is 1.08 bits per heavy atom. The summed E-state index contributed by atoms with van der Waals surface area (Å²) in [5.74, 6) is -4.27. The van der Waals surface area contributed by atoms with Crippen molar-refractivity contribution < 1.29 is 45.9 Å². The molecule has 5 aromatic heterocycles. The normalized spacial score (nSPS) is 20.8. The zero-order valence-electron chi connectivity index (χ0n) is 44.4. The number of nitrogens with zero attached hydrogens (tertiary/aromatic N) is 7. The number of ether oxygens (including phenoxy) is 1. The molecular formula is C57H59F2N9O9S2. The van der Waals surface area contributed by atoms with E-state index < -0.39 is 56.6 Å². The minimum absolute atomic E-state index is 0.0288. The number of aliphatic hydroxyl groups is 1. The quantitative estimate of drug-likeness (QED) is 0.0915. The summed E-state index contributed by atoms with van der Waals surface area (Å²) in [7, 11) is -2.14. The van der Waals surface area contributed by atoms with E-state index >= 15 is 4.39 Å².